The highest BCUT2D eigenvalue weighted by molar-refractivity contribution is 5.97. The number of benzene rings is 3. The molecule has 0 spiro atoms. The Morgan fingerprint density at radius 1 is 0.680 bits per heavy atom. The predicted molar refractivity (Wildman–Crippen MR) is 99.0 cm³/mol. The van der Waals surface area contributed by atoms with Gasteiger partial charge in [0.05, 0.1) is 0 Å². The van der Waals surface area contributed by atoms with Crippen LogP contribution in [0.5, 0.6) is 23.0 Å². The molecule has 0 unspecified atom stereocenters. The molecule has 3 nitrogen and oxygen atoms in total. The van der Waals surface area contributed by atoms with Crippen LogP contribution >= 0.6 is 0 Å². The van der Waals surface area contributed by atoms with Crippen LogP contribution in [0.25, 0.3) is 0 Å². The summed E-state index contributed by atoms with van der Waals surface area (Å²) >= 11 is 0. The zero-order valence-electron chi connectivity index (χ0n) is 14.6. The van der Waals surface area contributed by atoms with Gasteiger partial charge < -0.3 is 9.47 Å². The Morgan fingerprint density at radius 2 is 1.12 bits per heavy atom. The second-order valence-electron chi connectivity index (χ2n) is 5.98. The highest BCUT2D eigenvalue weighted by Gasteiger charge is 2.10. The van der Waals surface area contributed by atoms with Gasteiger partial charge in [0, 0.05) is 5.56 Å². The van der Waals surface area contributed by atoms with Gasteiger partial charge in [-0.25, -0.2) is 0 Å². The Morgan fingerprint density at radius 3 is 1.60 bits per heavy atom. The molecular weight excluding hydrogens is 312 g/mol. The molecule has 0 amide bonds. The van der Waals surface area contributed by atoms with Gasteiger partial charge in [0.25, 0.3) is 0 Å². The lowest BCUT2D eigenvalue weighted by Gasteiger charge is -2.12. The molecule has 0 saturated heterocycles. The van der Waals surface area contributed by atoms with Gasteiger partial charge in [-0.3, -0.25) is 4.79 Å². The SMILES string of the molecule is CC(=O)c1c(C)cc(Oc2ccc(Oc3ccccc3)cc2)cc1C. The minimum Gasteiger partial charge on any atom is -0.457 e. The van der Waals surface area contributed by atoms with Crippen molar-refractivity contribution in [2.45, 2.75) is 20.8 Å². The average Bonchev–Trinajstić information content (AvgIpc) is 2.56. The number of hydrogen-bond acceptors (Lipinski definition) is 3. The molecule has 0 aliphatic rings. The van der Waals surface area contributed by atoms with Crippen LogP contribution in [-0.2, 0) is 0 Å². The van der Waals surface area contributed by atoms with Crippen LogP contribution in [0.1, 0.15) is 28.4 Å². The van der Waals surface area contributed by atoms with E-state index in [1.807, 2.05) is 80.6 Å². The molecule has 0 aromatic heterocycles. The highest BCUT2D eigenvalue weighted by atomic mass is 16.5. The van der Waals surface area contributed by atoms with Crippen molar-refractivity contribution in [1.29, 1.82) is 0 Å². The first-order valence-corrected chi connectivity index (χ1v) is 8.16. The third-order valence-corrected chi connectivity index (χ3v) is 3.90. The molecular formula is C22H20O3. The van der Waals surface area contributed by atoms with E-state index < -0.39 is 0 Å². The zero-order valence-corrected chi connectivity index (χ0v) is 14.6. The number of aryl methyl sites for hydroxylation is 2. The van der Waals surface area contributed by atoms with Gasteiger partial charge in [-0.1, -0.05) is 18.2 Å². The van der Waals surface area contributed by atoms with Crippen molar-refractivity contribution in [3.05, 3.63) is 83.4 Å². The van der Waals surface area contributed by atoms with Crippen molar-refractivity contribution < 1.29 is 14.3 Å². The molecule has 0 N–H and O–H groups in total. The first kappa shape index (κ1) is 16.8. The smallest absolute Gasteiger partial charge is 0.160 e. The van der Waals surface area contributed by atoms with Crippen LogP contribution in [0.15, 0.2) is 66.7 Å². The van der Waals surface area contributed by atoms with Gasteiger partial charge in [0.2, 0.25) is 0 Å². The van der Waals surface area contributed by atoms with Crippen molar-refractivity contribution in [3.8, 4) is 23.0 Å². The quantitative estimate of drug-likeness (QED) is 0.530. The summed E-state index contributed by atoms with van der Waals surface area (Å²) < 4.78 is 11.7. The maximum absolute atomic E-state index is 11.7. The molecule has 3 rings (SSSR count). The lowest BCUT2D eigenvalue weighted by Crippen LogP contribution is -2.00. The van der Waals surface area contributed by atoms with Crippen LogP contribution < -0.4 is 9.47 Å². The van der Waals surface area contributed by atoms with Gasteiger partial charge in [-0.05, 0) is 80.4 Å². The molecule has 0 radical (unpaired) electrons. The summed E-state index contributed by atoms with van der Waals surface area (Å²) in [5.41, 5.74) is 2.61. The van der Waals surface area contributed by atoms with Crippen LogP contribution in [0.4, 0.5) is 0 Å². The lowest BCUT2D eigenvalue weighted by atomic mass is 9.99. The van der Waals surface area contributed by atoms with E-state index in [1.54, 1.807) is 6.92 Å². The fraction of sp³-hybridized carbons (Fsp3) is 0.136. The van der Waals surface area contributed by atoms with E-state index in [2.05, 4.69) is 0 Å². The molecule has 0 heterocycles. The van der Waals surface area contributed by atoms with E-state index in [-0.39, 0.29) is 5.78 Å². The van der Waals surface area contributed by atoms with Crippen molar-refractivity contribution in [2.24, 2.45) is 0 Å². The largest absolute Gasteiger partial charge is 0.457 e. The third kappa shape index (κ3) is 4.07. The number of ether oxygens (including phenoxy) is 2. The van der Waals surface area contributed by atoms with E-state index in [0.717, 1.165) is 39.7 Å². The molecule has 0 bridgehead atoms. The second kappa shape index (κ2) is 7.22. The number of carbonyl (C=O) groups excluding carboxylic acids is 1. The van der Waals surface area contributed by atoms with Crippen LogP contribution in [0, 0.1) is 13.8 Å². The van der Waals surface area contributed by atoms with Gasteiger partial charge in [0.1, 0.15) is 23.0 Å². The summed E-state index contributed by atoms with van der Waals surface area (Å²) in [5, 5.41) is 0. The molecule has 0 aliphatic carbocycles. The standard InChI is InChI=1S/C22H20O3/c1-15-13-21(14-16(2)22(15)17(3)23)25-20-11-9-19(10-12-20)24-18-7-5-4-6-8-18/h4-14H,1-3H3. The van der Waals surface area contributed by atoms with Gasteiger partial charge in [0.15, 0.2) is 5.78 Å². The van der Waals surface area contributed by atoms with Crippen LogP contribution in [0.2, 0.25) is 0 Å². The van der Waals surface area contributed by atoms with Crippen molar-refractivity contribution in [1.82, 2.24) is 0 Å². The van der Waals surface area contributed by atoms with Gasteiger partial charge >= 0.3 is 0 Å². The number of Topliss-reactive ketones (excluding diaryl/α,β-unsaturated/α-hetero) is 1. The molecule has 3 aromatic rings. The van der Waals surface area contributed by atoms with E-state index in [9.17, 15) is 4.79 Å². The Balaban J connectivity index is 1.74. The van der Waals surface area contributed by atoms with E-state index in [4.69, 9.17) is 9.47 Å². The maximum atomic E-state index is 11.7. The van der Waals surface area contributed by atoms with E-state index >= 15 is 0 Å². The second-order valence-corrected chi connectivity index (χ2v) is 5.98. The first-order valence-electron chi connectivity index (χ1n) is 8.16. The molecule has 3 aromatic carbocycles. The van der Waals surface area contributed by atoms with Crippen molar-refractivity contribution in [2.75, 3.05) is 0 Å². The van der Waals surface area contributed by atoms with E-state index in [0.29, 0.717) is 0 Å². The topological polar surface area (TPSA) is 35.5 Å². The third-order valence-electron chi connectivity index (χ3n) is 3.90. The molecule has 3 heteroatoms. The normalized spacial score (nSPS) is 10.4. The van der Waals surface area contributed by atoms with Gasteiger partial charge in [-0.2, -0.15) is 0 Å². The Hall–Kier alpha value is -3.07. The first-order chi connectivity index (χ1) is 12.0. The van der Waals surface area contributed by atoms with Crippen LogP contribution in [-0.4, -0.2) is 5.78 Å². The van der Waals surface area contributed by atoms with E-state index in [1.165, 1.54) is 0 Å². The number of para-hydroxylation sites is 1. The summed E-state index contributed by atoms with van der Waals surface area (Å²) in [5.74, 6) is 3.05. The van der Waals surface area contributed by atoms with Crippen LogP contribution in [0.3, 0.4) is 0 Å². The van der Waals surface area contributed by atoms with Gasteiger partial charge in [-0.15, -0.1) is 0 Å². The summed E-state index contributed by atoms with van der Waals surface area (Å²) in [7, 11) is 0. The molecule has 0 saturated carbocycles. The average molecular weight is 332 g/mol. The Bertz CT molecular complexity index is 858. The molecule has 0 aliphatic heterocycles. The Labute approximate surface area is 147 Å². The Kier molecular flexibility index (Phi) is 4.85. The predicted octanol–water partition coefficient (Wildman–Crippen LogP) is 6.09. The lowest BCUT2D eigenvalue weighted by molar-refractivity contribution is 0.101. The van der Waals surface area contributed by atoms with Crippen molar-refractivity contribution >= 4 is 5.78 Å². The monoisotopic (exact) mass is 332 g/mol. The highest BCUT2D eigenvalue weighted by Crippen LogP contribution is 2.29. The molecule has 126 valence electrons. The minimum absolute atomic E-state index is 0.0731. The number of rotatable bonds is 5. The summed E-state index contributed by atoms with van der Waals surface area (Å²) in [4.78, 5) is 11.7. The maximum Gasteiger partial charge on any atom is 0.160 e. The molecule has 25 heavy (non-hydrogen) atoms. The number of hydrogen-bond donors (Lipinski definition) is 0. The summed E-state index contributed by atoms with van der Waals surface area (Å²) in [6.07, 6.45) is 0. The number of ketones is 1. The number of carbonyl (C=O) groups is 1. The molecule has 0 atom stereocenters. The molecule has 0 fully saturated rings. The summed E-state index contributed by atoms with van der Waals surface area (Å²) in [6.45, 7) is 5.43. The fourth-order valence-corrected chi connectivity index (χ4v) is 2.87. The zero-order chi connectivity index (χ0) is 17.8. The fourth-order valence-electron chi connectivity index (χ4n) is 2.87. The van der Waals surface area contributed by atoms with Crippen molar-refractivity contribution in [3.63, 3.8) is 0 Å². The minimum atomic E-state index is 0.0731. The summed E-state index contributed by atoms with van der Waals surface area (Å²) in [6, 6.07) is 20.9.